The van der Waals surface area contributed by atoms with Crippen LogP contribution in [-0.2, 0) is 9.47 Å². The van der Waals surface area contributed by atoms with Gasteiger partial charge in [0.15, 0.2) is 0 Å². The van der Waals surface area contributed by atoms with Crippen molar-refractivity contribution >= 4 is 17.7 Å². The van der Waals surface area contributed by atoms with E-state index in [0.29, 0.717) is 37.7 Å². The van der Waals surface area contributed by atoms with Crippen molar-refractivity contribution in [2.45, 2.75) is 12.5 Å². The fourth-order valence-corrected chi connectivity index (χ4v) is 3.38. The number of rotatable bonds is 9. The lowest BCUT2D eigenvalue weighted by Gasteiger charge is -2.22. The summed E-state index contributed by atoms with van der Waals surface area (Å²) in [6.07, 6.45) is 2.84. The van der Waals surface area contributed by atoms with Gasteiger partial charge in [-0.1, -0.05) is 0 Å². The molecule has 6 nitrogen and oxygen atoms in total. The number of amides is 1. The van der Waals surface area contributed by atoms with Crippen molar-refractivity contribution in [2.75, 3.05) is 52.0 Å². The van der Waals surface area contributed by atoms with Crippen LogP contribution in [0.1, 0.15) is 16.8 Å². The van der Waals surface area contributed by atoms with Crippen LogP contribution in [0.3, 0.4) is 0 Å². The molecule has 2 heterocycles. The molecule has 1 fully saturated rings. The van der Waals surface area contributed by atoms with Crippen molar-refractivity contribution in [2.24, 2.45) is 0 Å². The van der Waals surface area contributed by atoms with Crippen LogP contribution in [0.15, 0.2) is 18.3 Å². The summed E-state index contributed by atoms with van der Waals surface area (Å²) < 4.78 is 16.0. The number of aromatic nitrogens is 1. The van der Waals surface area contributed by atoms with Crippen LogP contribution in [0, 0.1) is 0 Å². The van der Waals surface area contributed by atoms with Crippen molar-refractivity contribution in [3.8, 4) is 5.88 Å². The zero-order valence-corrected chi connectivity index (χ0v) is 14.5. The van der Waals surface area contributed by atoms with Gasteiger partial charge in [0.2, 0.25) is 5.88 Å². The number of pyridine rings is 1. The molecule has 1 atom stereocenters. The van der Waals surface area contributed by atoms with Gasteiger partial charge in [-0.15, -0.1) is 0 Å². The van der Waals surface area contributed by atoms with E-state index in [-0.39, 0.29) is 12.0 Å². The van der Waals surface area contributed by atoms with Gasteiger partial charge in [-0.3, -0.25) is 4.79 Å². The van der Waals surface area contributed by atoms with Gasteiger partial charge in [0, 0.05) is 50.9 Å². The maximum atomic E-state index is 12.7. The normalized spacial score (nSPS) is 17.2. The van der Waals surface area contributed by atoms with Crippen molar-refractivity contribution in [1.82, 2.24) is 9.88 Å². The van der Waals surface area contributed by atoms with Gasteiger partial charge in [-0.2, -0.15) is 11.8 Å². The van der Waals surface area contributed by atoms with Crippen molar-refractivity contribution in [3.05, 3.63) is 23.9 Å². The first-order valence-electron chi connectivity index (χ1n) is 7.72. The van der Waals surface area contributed by atoms with Gasteiger partial charge in [0.1, 0.15) is 6.10 Å². The Balaban J connectivity index is 2.02. The monoisotopic (exact) mass is 340 g/mol. The molecule has 0 bridgehead atoms. The number of hydrogen-bond acceptors (Lipinski definition) is 6. The van der Waals surface area contributed by atoms with E-state index in [2.05, 4.69) is 4.98 Å². The number of nitrogens with zero attached hydrogens (tertiary/aromatic N) is 2. The summed E-state index contributed by atoms with van der Waals surface area (Å²) in [5.41, 5.74) is 0.577. The lowest BCUT2D eigenvalue weighted by atomic mass is 10.2. The van der Waals surface area contributed by atoms with Crippen molar-refractivity contribution < 1.29 is 19.0 Å². The predicted molar refractivity (Wildman–Crippen MR) is 90.3 cm³/mol. The molecule has 0 N–H and O–H groups in total. The maximum Gasteiger partial charge on any atom is 0.254 e. The van der Waals surface area contributed by atoms with Crippen molar-refractivity contribution in [3.63, 3.8) is 0 Å². The van der Waals surface area contributed by atoms with Gasteiger partial charge in [0.25, 0.3) is 5.91 Å². The van der Waals surface area contributed by atoms with Gasteiger partial charge in [0.05, 0.1) is 13.2 Å². The van der Waals surface area contributed by atoms with Crippen LogP contribution in [0.25, 0.3) is 0 Å². The second-order valence-corrected chi connectivity index (χ2v) is 6.41. The minimum Gasteiger partial charge on any atom is -0.473 e. The van der Waals surface area contributed by atoms with E-state index in [0.717, 1.165) is 17.9 Å². The molecule has 128 valence electrons. The molecule has 1 aliphatic rings. The minimum atomic E-state index is -0.0628. The summed E-state index contributed by atoms with van der Waals surface area (Å²) in [4.78, 5) is 18.6. The summed E-state index contributed by atoms with van der Waals surface area (Å²) in [5, 5.41) is 0. The van der Waals surface area contributed by atoms with E-state index >= 15 is 0 Å². The molecule has 1 amide bonds. The Morgan fingerprint density at radius 3 is 2.70 bits per heavy atom. The Morgan fingerprint density at radius 2 is 2.09 bits per heavy atom. The number of carbonyl (C=O) groups excluding carboxylic acids is 1. The molecular weight excluding hydrogens is 316 g/mol. The number of thioether (sulfide) groups is 1. The summed E-state index contributed by atoms with van der Waals surface area (Å²) in [5.74, 6) is 2.55. The third-order valence-corrected chi connectivity index (χ3v) is 4.71. The summed E-state index contributed by atoms with van der Waals surface area (Å²) in [6, 6.07) is 3.43. The zero-order valence-electron chi connectivity index (χ0n) is 13.7. The quantitative estimate of drug-likeness (QED) is 0.682. The molecule has 1 unspecified atom stereocenters. The third-order valence-electron chi connectivity index (χ3n) is 3.57. The Kier molecular flexibility index (Phi) is 7.64. The highest BCUT2D eigenvalue weighted by Crippen LogP contribution is 2.22. The highest BCUT2D eigenvalue weighted by atomic mass is 32.2. The van der Waals surface area contributed by atoms with Gasteiger partial charge in [-0.25, -0.2) is 4.98 Å². The average Bonchev–Trinajstić information content (AvgIpc) is 3.08. The molecular formula is C16H24N2O4S. The number of hydrogen-bond donors (Lipinski definition) is 0. The van der Waals surface area contributed by atoms with Crippen LogP contribution in [-0.4, -0.2) is 73.9 Å². The van der Waals surface area contributed by atoms with Gasteiger partial charge in [-0.05, 0) is 18.2 Å². The Bertz CT molecular complexity index is 487. The molecule has 1 aliphatic heterocycles. The molecule has 1 aromatic heterocycles. The van der Waals surface area contributed by atoms with E-state index in [1.54, 1.807) is 37.4 Å². The molecule has 7 heteroatoms. The smallest absolute Gasteiger partial charge is 0.254 e. The molecule has 23 heavy (non-hydrogen) atoms. The lowest BCUT2D eigenvalue weighted by molar-refractivity contribution is 0.0626. The standard InChI is InChI=1S/C16H24N2O4S/c1-20-8-6-18(7-9-21-2)16(19)13-3-5-17-15(11-13)22-14-4-10-23-12-14/h3,5,11,14H,4,6-10,12H2,1-2H3. The SMILES string of the molecule is COCCN(CCOC)C(=O)c1ccnc(OC2CCSC2)c1. The number of methoxy groups -OCH3 is 2. The Labute approximate surface area is 141 Å². The fraction of sp³-hybridized carbons (Fsp3) is 0.625. The van der Waals surface area contributed by atoms with Crippen LogP contribution in [0.4, 0.5) is 0 Å². The van der Waals surface area contributed by atoms with Gasteiger partial charge < -0.3 is 19.1 Å². The average molecular weight is 340 g/mol. The molecule has 1 aromatic rings. The molecule has 0 radical (unpaired) electrons. The van der Waals surface area contributed by atoms with Crippen LogP contribution in [0.5, 0.6) is 5.88 Å². The first-order chi connectivity index (χ1) is 11.2. The highest BCUT2D eigenvalue weighted by Gasteiger charge is 2.20. The topological polar surface area (TPSA) is 60.9 Å². The van der Waals surface area contributed by atoms with Crippen LogP contribution in [0.2, 0.25) is 0 Å². The van der Waals surface area contributed by atoms with E-state index in [1.165, 1.54) is 0 Å². The van der Waals surface area contributed by atoms with E-state index in [9.17, 15) is 4.79 Å². The molecule has 2 rings (SSSR count). The number of carbonyl (C=O) groups is 1. The minimum absolute atomic E-state index is 0.0628. The highest BCUT2D eigenvalue weighted by molar-refractivity contribution is 7.99. The Morgan fingerprint density at radius 1 is 1.35 bits per heavy atom. The third kappa shape index (κ3) is 5.67. The molecule has 0 aliphatic carbocycles. The summed E-state index contributed by atoms with van der Waals surface area (Å²) in [7, 11) is 3.24. The van der Waals surface area contributed by atoms with Crippen molar-refractivity contribution in [1.29, 1.82) is 0 Å². The van der Waals surface area contributed by atoms with Crippen LogP contribution >= 0.6 is 11.8 Å². The predicted octanol–water partition coefficient (Wildman–Crippen LogP) is 1.70. The van der Waals surface area contributed by atoms with Gasteiger partial charge >= 0.3 is 0 Å². The maximum absolute atomic E-state index is 12.7. The van der Waals surface area contributed by atoms with Crippen LogP contribution < -0.4 is 4.74 Å². The first kappa shape index (κ1) is 18.0. The molecule has 1 saturated heterocycles. The fourth-order valence-electron chi connectivity index (χ4n) is 2.28. The van der Waals surface area contributed by atoms with E-state index in [1.807, 2.05) is 11.8 Å². The van der Waals surface area contributed by atoms with E-state index < -0.39 is 0 Å². The Hall–Kier alpha value is -1.31. The first-order valence-corrected chi connectivity index (χ1v) is 8.87. The molecule has 0 aromatic carbocycles. The second-order valence-electron chi connectivity index (χ2n) is 5.26. The molecule has 0 saturated carbocycles. The lowest BCUT2D eigenvalue weighted by Crippen LogP contribution is -2.36. The zero-order chi connectivity index (χ0) is 16.5. The largest absolute Gasteiger partial charge is 0.473 e. The molecule has 0 spiro atoms. The number of ether oxygens (including phenoxy) is 3. The second kappa shape index (κ2) is 9.75. The van der Waals surface area contributed by atoms with E-state index in [4.69, 9.17) is 14.2 Å². The summed E-state index contributed by atoms with van der Waals surface area (Å²) in [6.45, 7) is 2.03. The summed E-state index contributed by atoms with van der Waals surface area (Å²) >= 11 is 1.88.